The molecule has 5 heteroatoms. The zero-order chi connectivity index (χ0) is 10.8. The Bertz CT molecular complexity index is 481. The van der Waals surface area contributed by atoms with Crippen molar-refractivity contribution in [3.8, 4) is 0 Å². The Morgan fingerprint density at radius 2 is 2.20 bits per heavy atom. The molecule has 0 aliphatic carbocycles. The maximum Gasteiger partial charge on any atom is 0.140 e. The molecule has 0 fully saturated rings. The van der Waals surface area contributed by atoms with Crippen molar-refractivity contribution in [2.45, 2.75) is 13.0 Å². The van der Waals surface area contributed by atoms with Gasteiger partial charge in [-0.3, -0.25) is 4.39 Å². The van der Waals surface area contributed by atoms with Crippen LogP contribution in [0.4, 0.5) is 4.39 Å². The van der Waals surface area contributed by atoms with E-state index >= 15 is 0 Å². The predicted molar refractivity (Wildman–Crippen MR) is 60.3 cm³/mol. The molecule has 0 amide bonds. The summed E-state index contributed by atoms with van der Waals surface area (Å²) in [5.74, 6) is 0. The van der Waals surface area contributed by atoms with Crippen LogP contribution in [0, 0.1) is 0 Å². The van der Waals surface area contributed by atoms with E-state index in [1.54, 1.807) is 6.07 Å². The van der Waals surface area contributed by atoms with Crippen molar-refractivity contribution < 1.29 is 4.39 Å². The third-order valence-corrected chi connectivity index (χ3v) is 2.70. The number of fused-ring (bicyclic) bond motifs is 1. The average molecular weight is 247 g/mol. The number of nitrogens with zero attached hydrogens (tertiary/aromatic N) is 2. The van der Waals surface area contributed by atoms with E-state index in [9.17, 15) is 4.39 Å². The zero-order valence-electron chi connectivity index (χ0n) is 7.88. The SMILES string of the molecule is FCCCn1ccc2c(Cl)nc(Cl)cc21. The third-order valence-electron chi connectivity index (χ3n) is 2.22. The molecular weight excluding hydrogens is 238 g/mol. The lowest BCUT2D eigenvalue weighted by molar-refractivity contribution is 0.450. The number of rotatable bonds is 3. The van der Waals surface area contributed by atoms with Crippen molar-refractivity contribution in [1.29, 1.82) is 0 Å². The first kappa shape index (κ1) is 10.7. The molecular formula is C10H9Cl2FN2. The van der Waals surface area contributed by atoms with Gasteiger partial charge in [0.1, 0.15) is 10.3 Å². The van der Waals surface area contributed by atoms with Crippen LogP contribution in [0.1, 0.15) is 6.42 Å². The summed E-state index contributed by atoms with van der Waals surface area (Å²) in [5, 5.41) is 1.59. The molecule has 0 spiro atoms. The number of aryl methyl sites for hydroxylation is 1. The van der Waals surface area contributed by atoms with Gasteiger partial charge in [-0.05, 0) is 18.6 Å². The van der Waals surface area contributed by atoms with E-state index in [1.807, 2.05) is 16.8 Å². The summed E-state index contributed by atoms with van der Waals surface area (Å²) in [5.41, 5.74) is 0.897. The number of aromatic nitrogens is 2. The van der Waals surface area contributed by atoms with Crippen LogP contribution in [-0.4, -0.2) is 16.2 Å². The lowest BCUT2D eigenvalue weighted by atomic mass is 10.3. The second kappa shape index (κ2) is 4.37. The Morgan fingerprint density at radius 3 is 2.93 bits per heavy atom. The maximum absolute atomic E-state index is 12.1. The summed E-state index contributed by atoms with van der Waals surface area (Å²) >= 11 is 11.7. The summed E-state index contributed by atoms with van der Waals surface area (Å²) in [6, 6.07) is 3.60. The Kier molecular flexibility index (Phi) is 3.12. The molecule has 2 rings (SSSR count). The summed E-state index contributed by atoms with van der Waals surface area (Å²) in [6.45, 7) is 0.295. The first-order valence-electron chi connectivity index (χ1n) is 4.59. The molecule has 2 nitrogen and oxygen atoms in total. The van der Waals surface area contributed by atoms with Crippen molar-refractivity contribution in [2.75, 3.05) is 6.67 Å². The topological polar surface area (TPSA) is 17.8 Å². The first-order chi connectivity index (χ1) is 7.22. The third kappa shape index (κ3) is 2.08. The molecule has 0 bridgehead atoms. The Hall–Kier alpha value is -0.800. The van der Waals surface area contributed by atoms with Gasteiger partial charge in [-0.15, -0.1) is 0 Å². The highest BCUT2D eigenvalue weighted by molar-refractivity contribution is 6.36. The Morgan fingerprint density at radius 1 is 1.40 bits per heavy atom. The van der Waals surface area contributed by atoms with Gasteiger partial charge in [0, 0.05) is 18.1 Å². The molecule has 0 aliphatic rings. The van der Waals surface area contributed by atoms with Crippen LogP contribution < -0.4 is 0 Å². The Balaban J connectivity index is 2.49. The number of hydrogen-bond acceptors (Lipinski definition) is 1. The van der Waals surface area contributed by atoms with Crippen LogP contribution in [0.5, 0.6) is 0 Å². The average Bonchev–Trinajstić information content (AvgIpc) is 2.58. The maximum atomic E-state index is 12.1. The van der Waals surface area contributed by atoms with Gasteiger partial charge in [0.25, 0.3) is 0 Å². The molecule has 0 unspecified atom stereocenters. The van der Waals surface area contributed by atoms with Gasteiger partial charge >= 0.3 is 0 Å². The lowest BCUT2D eigenvalue weighted by Gasteiger charge is -2.03. The molecule has 80 valence electrons. The van der Waals surface area contributed by atoms with Crippen molar-refractivity contribution >= 4 is 34.1 Å². The lowest BCUT2D eigenvalue weighted by Crippen LogP contribution is -1.96. The van der Waals surface area contributed by atoms with Gasteiger partial charge in [-0.1, -0.05) is 23.2 Å². The molecule has 0 saturated heterocycles. The van der Waals surface area contributed by atoms with E-state index in [1.165, 1.54) is 0 Å². The fourth-order valence-electron chi connectivity index (χ4n) is 1.54. The molecule has 15 heavy (non-hydrogen) atoms. The summed E-state index contributed by atoms with van der Waals surface area (Å²) in [7, 11) is 0. The molecule has 0 atom stereocenters. The molecule has 2 aromatic rings. The van der Waals surface area contributed by atoms with Crippen LogP contribution in [0.25, 0.3) is 10.9 Å². The van der Waals surface area contributed by atoms with Gasteiger partial charge < -0.3 is 4.57 Å². The first-order valence-corrected chi connectivity index (χ1v) is 5.35. The minimum atomic E-state index is -0.327. The Labute approximate surface area is 96.6 Å². The molecule has 0 saturated carbocycles. The summed E-state index contributed by atoms with van der Waals surface area (Å²) in [4.78, 5) is 3.94. The summed E-state index contributed by atoms with van der Waals surface area (Å²) < 4.78 is 14.0. The minimum absolute atomic E-state index is 0.327. The highest BCUT2D eigenvalue weighted by Crippen LogP contribution is 2.25. The summed E-state index contributed by atoms with van der Waals surface area (Å²) in [6.07, 6.45) is 2.35. The predicted octanol–water partition coefficient (Wildman–Crippen LogP) is 3.70. The van der Waals surface area contributed by atoms with Crippen LogP contribution in [0.3, 0.4) is 0 Å². The van der Waals surface area contributed by atoms with E-state index in [-0.39, 0.29) is 6.67 Å². The van der Waals surface area contributed by atoms with Gasteiger partial charge in [0.15, 0.2) is 0 Å². The van der Waals surface area contributed by atoms with Crippen LogP contribution >= 0.6 is 23.2 Å². The molecule has 2 heterocycles. The highest BCUT2D eigenvalue weighted by Gasteiger charge is 2.07. The van der Waals surface area contributed by atoms with E-state index in [2.05, 4.69) is 4.98 Å². The smallest absolute Gasteiger partial charge is 0.140 e. The van der Waals surface area contributed by atoms with Crippen LogP contribution in [0.2, 0.25) is 10.3 Å². The van der Waals surface area contributed by atoms with E-state index in [0.717, 1.165) is 10.9 Å². The van der Waals surface area contributed by atoms with E-state index in [4.69, 9.17) is 23.2 Å². The van der Waals surface area contributed by atoms with Gasteiger partial charge in [-0.2, -0.15) is 0 Å². The van der Waals surface area contributed by atoms with Crippen molar-refractivity contribution in [3.63, 3.8) is 0 Å². The number of halogens is 3. The van der Waals surface area contributed by atoms with E-state index < -0.39 is 0 Å². The monoisotopic (exact) mass is 246 g/mol. The van der Waals surface area contributed by atoms with Crippen molar-refractivity contribution in [2.24, 2.45) is 0 Å². The normalized spacial score (nSPS) is 11.1. The van der Waals surface area contributed by atoms with Gasteiger partial charge in [-0.25, -0.2) is 4.98 Å². The largest absolute Gasteiger partial charge is 0.347 e. The molecule has 2 aromatic heterocycles. The highest BCUT2D eigenvalue weighted by atomic mass is 35.5. The number of pyridine rings is 1. The molecule has 0 aliphatic heterocycles. The van der Waals surface area contributed by atoms with Crippen LogP contribution in [-0.2, 0) is 6.54 Å². The van der Waals surface area contributed by atoms with Gasteiger partial charge in [0.05, 0.1) is 12.2 Å². The van der Waals surface area contributed by atoms with Gasteiger partial charge in [0.2, 0.25) is 0 Å². The second-order valence-corrected chi connectivity index (χ2v) is 3.97. The fourth-order valence-corrected chi connectivity index (χ4v) is 2.03. The van der Waals surface area contributed by atoms with Crippen molar-refractivity contribution in [1.82, 2.24) is 9.55 Å². The number of hydrogen-bond donors (Lipinski definition) is 0. The van der Waals surface area contributed by atoms with Crippen molar-refractivity contribution in [3.05, 3.63) is 28.6 Å². The second-order valence-electron chi connectivity index (χ2n) is 3.22. The number of alkyl halides is 1. The van der Waals surface area contributed by atoms with Crippen LogP contribution in [0.15, 0.2) is 18.3 Å². The zero-order valence-corrected chi connectivity index (χ0v) is 9.39. The quantitative estimate of drug-likeness (QED) is 0.756. The fraction of sp³-hybridized carbons (Fsp3) is 0.300. The molecule has 0 aromatic carbocycles. The standard InChI is InChI=1S/C10H9Cl2FN2/c11-9-6-8-7(10(12)14-9)2-5-15(8)4-1-3-13/h2,5-6H,1,3-4H2. The molecule has 0 radical (unpaired) electrons. The minimum Gasteiger partial charge on any atom is -0.347 e. The van der Waals surface area contributed by atoms with E-state index in [0.29, 0.717) is 23.3 Å². The molecule has 0 N–H and O–H groups in total.